The number of primary amides is 1. The fourth-order valence-electron chi connectivity index (χ4n) is 0.920. The zero-order valence-electron chi connectivity index (χ0n) is 8.37. The van der Waals surface area contributed by atoms with Gasteiger partial charge in [0.25, 0.3) is 0 Å². The van der Waals surface area contributed by atoms with Gasteiger partial charge >= 0.3 is 6.03 Å². The van der Waals surface area contributed by atoms with Gasteiger partial charge in [0.05, 0.1) is 0 Å². The second kappa shape index (κ2) is 6.90. The van der Waals surface area contributed by atoms with Gasteiger partial charge in [0.1, 0.15) is 0 Å². The highest BCUT2D eigenvalue weighted by Crippen LogP contribution is 2.27. The molecule has 14 heavy (non-hydrogen) atoms. The maximum atomic E-state index is 10.0. The van der Waals surface area contributed by atoms with E-state index in [0.29, 0.717) is 0 Å². The van der Waals surface area contributed by atoms with Crippen molar-refractivity contribution in [1.82, 2.24) is 5.32 Å². The second-order valence-corrected chi connectivity index (χ2v) is 3.87. The van der Waals surface area contributed by atoms with Gasteiger partial charge in [-0.15, -0.1) is 12.4 Å². The monoisotopic (exact) mass is 221 g/mol. The molecule has 0 saturated heterocycles. The van der Waals surface area contributed by atoms with Crippen LogP contribution in [-0.4, -0.2) is 19.1 Å². The molecule has 2 saturated carbocycles. The second-order valence-electron chi connectivity index (χ2n) is 3.87. The Morgan fingerprint density at radius 1 is 1.21 bits per heavy atom. The average molecular weight is 222 g/mol. The summed E-state index contributed by atoms with van der Waals surface area (Å²) >= 11 is 0. The lowest BCUT2D eigenvalue weighted by atomic mass is 10.4. The van der Waals surface area contributed by atoms with E-state index in [0.717, 1.165) is 24.9 Å². The molecule has 0 atom stereocenters. The minimum Gasteiger partial charge on any atom is -0.352 e. The molecule has 0 spiro atoms. The van der Waals surface area contributed by atoms with Crippen LogP contribution in [0.15, 0.2) is 0 Å². The summed E-state index contributed by atoms with van der Waals surface area (Å²) in [5.41, 5.74) is 10.1. The van der Waals surface area contributed by atoms with E-state index in [1.165, 1.54) is 25.7 Å². The molecule has 2 aliphatic carbocycles. The normalized spacial score (nSPS) is 18.6. The number of hydrogen-bond acceptors (Lipinski definition) is 2. The van der Waals surface area contributed by atoms with Crippen LogP contribution in [0, 0.1) is 11.8 Å². The van der Waals surface area contributed by atoms with Gasteiger partial charge in [0.15, 0.2) is 0 Å². The first-order valence-electron chi connectivity index (χ1n) is 4.95. The highest BCUT2D eigenvalue weighted by atomic mass is 35.5. The van der Waals surface area contributed by atoms with Gasteiger partial charge in [-0.05, 0) is 44.1 Å². The maximum absolute atomic E-state index is 10.0. The number of carbonyl (C=O) groups is 1. The van der Waals surface area contributed by atoms with E-state index in [2.05, 4.69) is 5.32 Å². The minimum absolute atomic E-state index is 0. The number of halogens is 1. The maximum Gasteiger partial charge on any atom is 0.312 e. The van der Waals surface area contributed by atoms with Gasteiger partial charge in [0, 0.05) is 6.54 Å². The van der Waals surface area contributed by atoms with Crippen molar-refractivity contribution >= 4 is 18.4 Å². The van der Waals surface area contributed by atoms with Crippen molar-refractivity contribution in [1.29, 1.82) is 0 Å². The summed E-state index contributed by atoms with van der Waals surface area (Å²) < 4.78 is 0. The third kappa shape index (κ3) is 8.13. The molecule has 2 rings (SSSR count). The van der Waals surface area contributed by atoms with E-state index in [1.807, 2.05) is 0 Å². The fraction of sp³-hybridized carbons (Fsp3) is 0.889. The Labute approximate surface area is 91.2 Å². The Balaban J connectivity index is 0.000000246. The third-order valence-electron chi connectivity index (χ3n) is 2.29. The first-order valence-corrected chi connectivity index (χ1v) is 4.95. The van der Waals surface area contributed by atoms with Crippen LogP contribution in [0.3, 0.4) is 0 Å². The lowest BCUT2D eigenvalue weighted by molar-refractivity contribution is 0.248. The molecule has 5 heteroatoms. The predicted molar refractivity (Wildman–Crippen MR) is 59.3 cm³/mol. The molecule has 0 bridgehead atoms. The lowest BCUT2D eigenvalue weighted by Gasteiger charge is -1.95. The fourth-order valence-corrected chi connectivity index (χ4v) is 0.920. The number of rotatable bonds is 3. The molecule has 2 fully saturated rings. The van der Waals surface area contributed by atoms with Crippen LogP contribution < -0.4 is 16.8 Å². The SMILES string of the molecule is Cl.NC(=O)NCC1CC1.NCC1CC1. The van der Waals surface area contributed by atoms with Crippen molar-refractivity contribution < 1.29 is 4.79 Å². The number of hydrogen-bond donors (Lipinski definition) is 3. The molecule has 2 amide bonds. The number of amides is 2. The highest BCUT2D eigenvalue weighted by Gasteiger charge is 2.20. The molecule has 0 radical (unpaired) electrons. The summed E-state index contributed by atoms with van der Waals surface area (Å²) in [5, 5.41) is 2.55. The Hall–Kier alpha value is -0.480. The van der Waals surface area contributed by atoms with Crippen LogP contribution in [-0.2, 0) is 0 Å². The van der Waals surface area contributed by atoms with Gasteiger partial charge in [-0.1, -0.05) is 0 Å². The molecule has 84 valence electrons. The number of nitrogens with one attached hydrogen (secondary N) is 1. The van der Waals surface area contributed by atoms with Gasteiger partial charge in [-0.25, -0.2) is 4.79 Å². The standard InChI is InChI=1S/C5H10N2O.C4H9N.ClH/c6-5(8)7-3-4-1-2-4;5-3-4-1-2-4;/h4H,1-3H2,(H3,6,7,8);4H,1-3,5H2;1H. The molecule has 2 aliphatic rings. The van der Waals surface area contributed by atoms with Gasteiger partial charge in [-0.2, -0.15) is 0 Å². The van der Waals surface area contributed by atoms with Crippen LogP contribution in [0.4, 0.5) is 4.79 Å². The Morgan fingerprint density at radius 3 is 1.93 bits per heavy atom. The first kappa shape index (κ1) is 13.5. The summed E-state index contributed by atoms with van der Waals surface area (Å²) in [7, 11) is 0. The quantitative estimate of drug-likeness (QED) is 0.660. The van der Waals surface area contributed by atoms with Crippen LogP contribution in [0.2, 0.25) is 0 Å². The highest BCUT2D eigenvalue weighted by molar-refractivity contribution is 5.85. The van der Waals surface area contributed by atoms with Crippen molar-refractivity contribution in [3.05, 3.63) is 0 Å². The Bertz CT molecular complexity index is 169. The third-order valence-corrected chi connectivity index (χ3v) is 2.29. The van der Waals surface area contributed by atoms with Gasteiger partial charge in [-0.3, -0.25) is 0 Å². The molecule has 0 unspecified atom stereocenters. The molecule has 0 aliphatic heterocycles. The summed E-state index contributed by atoms with van der Waals surface area (Å²) in [6.07, 6.45) is 5.27. The Kier molecular flexibility index (Phi) is 6.66. The molecular formula is C9H20ClN3O. The van der Waals surface area contributed by atoms with Crippen molar-refractivity contribution in [3.63, 3.8) is 0 Å². The zero-order chi connectivity index (χ0) is 9.68. The Morgan fingerprint density at radius 2 is 1.71 bits per heavy atom. The molecule has 0 aromatic carbocycles. The molecule has 0 heterocycles. The largest absolute Gasteiger partial charge is 0.352 e. The average Bonchev–Trinajstić information content (AvgIpc) is 2.97. The minimum atomic E-state index is -0.406. The van der Waals surface area contributed by atoms with Crippen LogP contribution >= 0.6 is 12.4 Å². The van der Waals surface area contributed by atoms with Gasteiger partial charge < -0.3 is 16.8 Å². The van der Waals surface area contributed by atoms with Crippen LogP contribution in [0.25, 0.3) is 0 Å². The van der Waals surface area contributed by atoms with Crippen molar-refractivity contribution in [2.75, 3.05) is 13.1 Å². The summed E-state index contributed by atoms with van der Waals surface area (Å²) in [5.74, 6) is 1.64. The van der Waals surface area contributed by atoms with E-state index >= 15 is 0 Å². The summed E-state index contributed by atoms with van der Waals surface area (Å²) in [6.45, 7) is 1.69. The van der Waals surface area contributed by atoms with Gasteiger partial charge in [0.2, 0.25) is 0 Å². The zero-order valence-corrected chi connectivity index (χ0v) is 9.19. The summed E-state index contributed by atoms with van der Waals surface area (Å²) in [6, 6.07) is -0.406. The van der Waals surface area contributed by atoms with Crippen molar-refractivity contribution in [3.8, 4) is 0 Å². The van der Waals surface area contributed by atoms with Crippen molar-refractivity contribution in [2.24, 2.45) is 23.3 Å². The first-order chi connectivity index (χ1) is 6.22. The molecule has 0 aromatic heterocycles. The van der Waals surface area contributed by atoms with E-state index < -0.39 is 6.03 Å². The van der Waals surface area contributed by atoms with E-state index in [-0.39, 0.29) is 12.4 Å². The molecule has 5 N–H and O–H groups in total. The smallest absolute Gasteiger partial charge is 0.312 e. The lowest BCUT2D eigenvalue weighted by Crippen LogP contribution is -2.30. The van der Waals surface area contributed by atoms with E-state index in [4.69, 9.17) is 11.5 Å². The van der Waals surface area contributed by atoms with Crippen LogP contribution in [0.1, 0.15) is 25.7 Å². The topological polar surface area (TPSA) is 81.1 Å². The van der Waals surface area contributed by atoms with Crippen molar-refractivity contribution in [2.45, 2.75) is 25.7 Å². The van der Waals surface area contributed by atoms with E-state index in [1.54, 1.807) is 0 Å². The summed E-state index contributed by atoms with van der Waals surface area (Å²) in [4.78, 5) is 10.0. The predicted octanol–water partition coefficient (Wildman–Crippen LogP) is 0.842. The molecule has 0 aromatic rings. The van der Waals surface area contributed by atoms with E-state index in [9.17, 15) is 4.79 Å². The molecular weight excluding hydrogens is 202 g/mol. The molecule has 4 nitrogen and oxygen atoms in total. The van der Waals surface area contributed by atoms with Crippen LogP contribution in [0.5, 0.6) is 0 Å². The number of urea groups is 1. The number of nitrogens with two attached hydrogens (primary N) is 2. The number of carbonyl (C=O) groups excluding carboxylic acids is 1.